The van der Waals surface area contributed by atoms with Gasteiger partial charge in [-0.05, 0) is 67.8 Å². The van der Waals surface area contributed by atoms with Crippen LogP contribution in [0, 0.1) is 18.3 Å². The van der Waals surface area contributed by atoms with E-state index in [1.165, 1.54) is 28.2 Å². The first-order valence-corrected chi connectivity index (χ1v) is 15.9. The molecule has 3 aromatic carbocycles. The Labute approximate surface area is 256 Å². The van der Waals surface area contributed by atoms with Gasteiger partial charge in [-0.15, -0.1) is 11.3 Å². The summed E-state index contributed by atoms with van der Waals surface area (Å²) < 4.78 is 7.35. The summed E-state index contributed by atoms with van der Waals surface area (Å²) in [5.41, 5.74) is 4.43. The van der Waals surface area contributed by atoms with Crippen LogP contribution in [-0.4, -0.2) is 49.1 Å². The summed E-state index contributed by atoms with van der Waals surface area (Å²) in [6.45, 7) is 6.73. The second kappa shape index (κ2) is 12.7. The molecule has 42 heavy (non-hydrogen) atoms. The molecule has 2 aliphatic heterocycles. The van der Waals surface area contributed by atoms with Crippen molar-refractivity contribution >= 4 is 44.6 Å². The maximum absolute atomic E-state index is 13.2. The number of hydrogen-bond acceptors (Lipinski definition) is 6. The number of likely N-dealkylation sites (tertiary alicyclic amines) is 1. The van der Waals surface area contributed by atoms with Crippen molar-refractivity contribution in [3.05, 3.63) is 93.3 Å². The summed E-state index contributed by atoms with van der Waals surface area (Å²) in [6, 6.07) is 24.7. The van der Waals surface area contributed by atoms with Crippen LogP contribution in [0.25, 0.3) is 10.1 Å². The molecule has 6 nitrogen and oxygen atoms in total. The second-order valence-corrected chi connectivity index (χ2v) is 12.8. The number of anilines is 1. The number of aryl methyl sites for hydroxylation is 1. The number of thiophene rings is 1. The number of nitriles is 1. The average Bonchev–Trinajstić information content (AvgIpc) is 3.35. The summed E-state index contributed by atoms with van der Waals surface area (Å²) in [6.07, 6.45) is 3.90. The molecule has 2 saturated heterocycles. The molecular weight excluding hydrogens is 564 g/mol. The summed E-state index contributed by atoms with van der Waals surface area (Å²) in [4.78, 5) is 18.6. The predicted molar refractivity (Wildman–Crippen MR) is 171 cm³/mol. The molecule has 1 amide bonds. The smallest absolute Gasteiger partial charge is 0.263 e. The van der Waals surface area contributed by atoms with Gasteiger partial charge in [-0.3, -0.25) is 9.69 Å². The van der Waals surface area contributed by atoms with Crippen LogP contribution < -0.4 is 15.0 Å². The van der Waals surface area contributed by atoms with Crippen LogP contribution in [0.2, 0.25) is 5.02 Å². The van der Waals surface area contributed by atoms with Gasteiger partial charge in [0.05, 0.1) is 16.7 Å². The van der Waals surface area contributed by atoms with Crippen molar-refractivity contribution in [1.29, 1.82) is 5.26 Å². The molecule has 1 aromatic heterocycles. The lowest BCUT2D eigenvalue weighted by Crippen LogP contribution is -2.44. The zero-order valence-corrected chi connectivity index (χ0v) is 25.4. The Morgan fingerprint density at radius 3 is 2.40 bits per heavy atom. The third-order valence-electron chi connectivity index (χ3n) is 8.36. The maximum atomic E-state index is 13.2. The minimum atomic E-state index is -0.0994. The van der Waals surface area contributed by atoms with Gasteiger partial charge in [-0.1, -0.05) is 41.4 Å². The van der Waals surface area contributed by atoms with Crippen molar-refractivity contribution in [3.63, 3.8) is 0 Å². The number of benzene rings is 3. The van der Waals surface area contributed by atoms with E-state index >= 15 is 0 Å². The van der Waals surface area contributed by atoms with Gasteiger partial charge in [0, 0.05) is 67.4 Å². The van der Waals surface area contributed by atoms with Gasteiger partial charge < -0.3 is 15.0 Å². The number of rotatable bonds is 7. The monoisotopic (exact) mass is 598 g/mol. The van der Waals surface area contributed by atoms with Crippen molar-refractivity contribution < 1.29 is 9.53 Å². The van der Waals surface area contributed by atoms with E-state index in [1.54, 1.807) is 0 Å². The Bertz CT molecular complexity index is 1580. The number of piperidine rings is 2. The molecule has 0 atom stereocenters. The van der Waals surface area contributed by atoms with E-state index < -0.39 is 0 Å². The highest BCUT2D eigenvalue weighted by molar-refractivity contribution is 7.21. The van der Waals surface area contributed by atoms with Crippen molar-refractivity contribution in [1.82, 2.24) is 10.2 Å². The molecule has 3 heterocycles. The molecule has 0 spiro atoms. The number of hydrogen-bond donors (Lipinski definition) is 1. The molecule has 8 heteroatoms. The molecule has 216 valence electrons. The lowest BCUT2D eigenvalue weighted by atomic mass is 10.0. The van der Waals surface area contributed by atoms with Crippen LogP contribution >= 0.6 is 22.9 Å². The molecule has 0 saturated carbocycles. The fraction of sp³-hybridized carbons (Fsp3) is 0.353. The maximum Gasteiger partial charge on any atom is 0.263 e. The normalized spacial score (nSPS) is 16.8. The van der Waals surface area contributed by atoms with Gasteiger partial charge in [0.15, 0.2) is 0 Å². The third-order valence-corrected chi connectivity index (χ3v) is 10.0. The zero-order valence-electron chi connectivity index (χ0n) is 23.8. The number of fused-ring (bicyclic) bond motifs is 1. The van der Waals surface area contributed by atoms with Gasteiger partial charge in [0.25, 0.3) is 5.91 Å². The Hall–Kier alpha value is -3.57. The number of nitrogens with one attached hydrogen (secondary N) is 1. The number of ether oxygens (including phenoxy) is 1. The van der Waals surface area contributed by atoms with E-state index in [2.05, 4.69) is 52.4 Å². The molecule has 0 unspecified atom stereocenters. The van der Waals surface area contributed by atoms with E-state index in [9.17, 15) is 4.79 Å². The van der Waals surface area contributed by atoms with E-state index in [4.69, 9.17) is 21.6 Å². The van der Waals surface area contributed by atoms with Crippen molar-refractivity contribution in [2.75, 3.05) is 31.1 Å². The number of halogens is 1. The molecule has 0 bridgehead atoms. The summed E-state index contributed by atoms with van der Waals surface area (Å²) in [5.74, 6) is 0.730. The molecular formula is C34H35ClN4O2S. The second-order valence-electron chi connectivity index (χ2n) is 11.4. The number of nitrogens with zero attached hydrogens (tertiary/aromatic N) is 3. The van der Waals surface area contributed by atoms with Crippen molar-refractivity contribution in [2.45, 2.75) is 51.3 Å². The molecule has 4 aromatic rings. The van der Waals surface area contributed by atoms with Gasteiger partial charge in [0.1, 0.15) is 16.7 Å². The number of carbonyl (C=O) groups is 1. The van der Waals surface area contributed by atoms with E-state index in [-0.39, 0.29) is 18.1 Å². The minimum Gasteiger partial charge on any atom is -0.490 e. The highest BCUT2D eigenvalue weighted by Crippen LogP contribution is 2.38. The Morgan fingerprint density at radius 2 is 1.71 bits per heavy atom. The third kappa shape index (κ3) is 6.57. The van der Waals surface area contributed by atoms with Crippen LogP contribution in [0.3, 0.4) is 0 Å². The van der Waals surface area contributed by atoms with Crippen LogP contribution in [0.5, 0.6) is 5.75 Å². The zero-order chi connectivity index (χ0) is 29.1. The predicted octanol–water partition coefficient (Wildman–Crippen LogP) is 7.18. The lowest BCUT2D eigenvalue weighted by molar-refractivity contribution is 0.0913. The highest BCUT2D eigenvalue weighted by atomic mass is 35.5. The summed E-state index contributed by atoms with van der Waals surface area (Å²) >= 11 is 8.14. The molecule has 0 aliphatic carbocycles. The number of carbonyl (C=O) groups excluding carboxylic acids is 1. The lowest BCUT2D eigenvalue weighted by Gasteiger charge is -2.33. The minimum absolute atomic E-state index is 0.0994. The fourth-order valence-electron chi connectivity index (χ4n) is 5.87. The van der Waals surface area contributed by atoms with Gasteiger partial charge in [0.2, 0.25) is 0 Å². The first kappa shape index (κ1) is 28.5. The SMILES string of the molecule is Cc1ccc(N2CCC(Oc3ccc4c(Cl)c(C(=O)NC5CCN(Cc6ccc(C#N)cc6)CC5)sc4c3)CC2)cc1. The number of amides is 1. The highest BCUT2D eigenvalue weighted by Gasteiger charge is 2.25. The Morgan fingerprint density at radius 1 is 1.00 bits per heavy atom. The Balaban J connectivity index is 1.01. The fourth-order valence-corrected chi connectivity index (χ4v) is 7.32. The quantitative estimate of drug-likeness (QED) is 0.244. The van der Waals surface area contributed by atoms with Crippen LogP contribution in [0.15, 0.2) is 66.7 Å². The van der Waals surface area contributed by atoms with Crippen molar-refractivity contribution in [3.8, 4) is 11.8 Å². The van der Waals surface area contributed by atoms with E-state index in [1.807, 2.05) is 42.5 Å². The molecule has 2 aliphatic rings. The van der Waals surface area contributed by atoms with E-state index in [0.717, 1.165) is 74.2 Å². The van der Waals surface area contributed by atoms with Gasteiger partial charge in [-0.25, -0.2) is 0 Å². The standard InChI is InChI=1S/C34H35ClN4O2S/c1-23-2-8-27(9-3-23)39-18-14-28(15-19-39)41-29-10-11-30-31(20-29)42-33(32(30)35)34(40)37-26-12-16-38(17-13-26)22-25-6-4-24(21-36)5-7-25/h2-11,20,26,28H,12-19,22H2,1H3,(H,37,40). The van der Waals surface area contributed by atoms with Crippen LogP contribution in [0.4, 0.5) is 5.69 Å². The molecule has 2 fully saturated rings. The largest absolute Gasteiger partial charge is 0.490 e. The Kier molecular flexibility index (Phi) is 8.66. The van der Waals surface area contributed by atoms with E-state index in [0.29, 0.717) is 15.5 Å². The summed E-state index contributed by atoms with van der Waals surface area (Å²) in [7, 11) is 0. The average molecular weight is 599 g/mol. The van der Waals surface area contributed by atoms with Crippen molar-refractivity contribution in [2.24, 2.45) is 0 Å². The van der Waals surface area contributed by atoms with Gasteiger partial charge >= 0.3 is 0 Å². The first-order chi connectivity index (χ1) is 20.4. The van der Waals surface area contributed by atoms with Gasteiger partial charge in [-0.2, -0.15) is 5.26 Å². The summed E-state index contributed by atoms with van der Waals surface area (Å²) in [5, 5.41) is 13.6. The molecule has 1 N–H and O–H groups in total. The molecule has 0 radical (unpaired) electrons. The van der Waals surface area contributed by atoms with Crippen LogP contribution in [0.1, 0.15) is 52.0 Å². The first-order valence-electron chi connectivity index (χ1n) is 14.7. The van der Waals surface area contributed by atoms with Crippen LogP contribution in [-0.2, 0) is 6.54 Å². The molecule has 6 rings (SSSR count). The topological polar surface area (TPSA) is 68.6 Å².